The predicted molar refractivity (Wildman–Crippen MR) is 51.6 cm³/mol. The first-order valence-corrected chi connectivity index (χ1v) is 3.94. The molecule has 0 aliphatic heterocycles. The number of nitriles is 1. The van der Waals surface area contributed by atoms with Gasteiger partial charge in [-0.15, -0.1) is 0 Å². The van der Waals surface area contributed by atoms with Gasteiger partial charge in [-0.2, -0.15) is 5.26 Å². The monoisotopic (exact) mass is 188 g/mol. The van der Waals surface area contributed by atoms with Gasteiger partial charge in [0.05, 0.1) is 11.0 Å². The van der Waals surface area contributed by atoms with Gasteiger partial charge in [-0.3, -0.25) is 10.1 Å². The molecule has 0 atom stereocenters. The number of allylic oxidation sites excluding steroid dienone is 1. The summed E-state index contributed by atoms with van der Waals surface area (Å²) in [4.78, 5) is 9.97. The number of non-ortho nitro benzene ring substituents is 1. The molecule has 1 aromatic rings. The lowest BCUT2D eigenvalue weighted by Gasteiger charge is -1.97. The summed E-state index contributed by atoms with van der Waals surface area (Å²) in [5.41, 5.74) is 1.16. The maximum absolute atomic E-state index is 10.4. The molecular formula is C10H8N2O2. The highest BCUT2D eigenvalue weighted by Crippen LogP contribution is 2.15. The molecule has 4 nitrogen and oxygen atoms in total. The maximum Gasteiger partial charge on any atom is 0.269 e. The number of hydrogen-bond acceptors (Lipinski definition) is 3. The van der Waals surface area contributed by atoms with Crippen LogP contribution in [0.4, 0.5) is 5.69 Å². The molecule has 0 saturated carbocycles. The maximum atomic E-state index is 10.4. The normalized spacial score (nSPS) is 9.07. The summed E-state index contributed by atoms with van der Waals surface area (Å²) in [5.74, 6) is 0. The summed E-state index contributed by atoms with van der Waals surface area (Å²) in [6, 6.07) is 8.09. The fourth-order valence-corrected chi connectivity index (χ4v) is 1.07. The highest BCUT2D eigenvalue weighted by molar-refractivity contribution is 5.37. The molecule has 0 bridgehead atoms. The van der Waals surface area contributed by atoms with Crippen LogP contribution >= 0.6 is 0 Å². The highest BCUT2D eigenvalue weighted by atomic mass is 16.6. The fourth-order valence-electron chi connectivity index (χ4n) is 1.07. The molecule has 0 amide bonds. The van der Waals surface area contributed by atoms with Crippen LogP contribution < -0.4 is 0 Å². The molecule has 0 fully saturated rings. The van der Waals surface area contributed by atoms with Crippen LogP contribution in [0.1, 0.15) is 5.56 Å². The average Bonchev–Trinajstić information content (AvgIpc) is 2.18. The van der Waals surface area contributed by atoms with Crippen molar-refractivity contribution in [2.75, 3.05) is 0 Å². The zero-order valence-electron chi connectivity index (χ0n) is 7.43. The summed E-state index contributed by atoms with van der Waals surface area (Å²) in [7, 11) is 0. The van der Waals surface area contributed by atoms with Crippen molar-refractivity contribution in [3.63, 3.8) is 0 Å². The second-order valence-electron chi connectivity index (χ2n) is 2.82. The van der Waals surface area contributed by atoms with E-state index in [0.717, 1.165) is 5.56 Å². The molecule has 0 aromatic heterocycles. The van der Waals surface area contributed by atoms with Gasteiger partial charge in [-0.25, -0.2) is 0 Å². The van der Waals surface area contributed by atoms with Crippen LogP contribution in [0.2, 0.25) is 0 Å². The van der Waals surface area contributed by atoms with Gasteiger partial charge in [0.25, 0.3) is 5.69 Å². The van der Waals surface area contributed by atoms with E-state index < -0.39 is 4.92 Å². The van der Waals surface area contributed by atoms with Gasteiger partial charge in [0.15, 0.2) is 0 Å². The zero-order chi connectivity index (χ0) is 10.6. The van der Waals surface area contributed by atoms with Gasteiger partial charge in [-0.1, -0.05) is 18.7 Å². The lowest BCUT2D eigenvalue weighted by molar-refractivity contribution is -0.384. The van der Waals surface area contributed by atoms with Crippen LogP contribution in [0.25, 0.3) is 0 Å². The van der Waals surface area contributed by atoms with E-state index in [9.17, 15) is 10.1 Å². The van der Waals surface area contributed by atoms with E-state index in [1.807, 2.05) is 6.07 Å². The molecule has 0 radical (unpaired) electrons. The number of nitro benzene ring substituents is 1. The van der Waals surface area contributed by atoms with Crippen LogP contribution in [0.3, 0.4) is 0 Å². The third-order valence-corrected chi connectivity index (χ3v) is 1.70. The van der Waals surface area contributed by atoms with E-state index in [2.05, 4.69) is 6.58 Å². The van der Waals surface area contributed by atoms with Crippen LogP contribution in [-0.4, -0.2) is 4.92 Å². The first-order chi connectivity index (χ1) is 6.63. The highest BCUT2D eigenvalue weighted by Gasteiger charge is 2.05. The third kappa shape index (κ3) is 2.42. The van der Waals surface area contributed by atoms with Crippen molar-refractivity contribution in [1.29, 1.82) is 5.26 Å². The Morgan fingerprint density at radius 2 is 2.36 bits per heavy atom. The van der Waals surface area contributed by atoms with E-state index in [1.54, 1.807) is 12.1 Å². The van der Waals surface area contributed by atoms with Crippen molar-refractivity contribution in [2.24, 2.45) is 0 Å². The quantitative estimate of drug-likeness (QED) is 0.415. The molecule has 70 valence electrons. The summed E-state index contributed by atoms with van der Waals surface area (Å²) in [6.07, 6.45) is 0.359. The average molecular weight is 188 g/mol. The van der Waals surface area contributed by atoms with Gasteiger partial charge in [-0.05, 0) is 5.56 Å². The Balaban J connectivity index is 2.90. The number of hydrogen-bond donors (Lipinski definition) is 0. The van der Waals surface area contributed by atoms with E-state index in [-0.39, 0.29) is 5.69 Å². The molecule has 0 aliphatic carbocycles. The number of nitrogens with zero attached hydrogens (tertiary/aromatic N) is 2. The summed E-state index contributed by atoms with van der Waals surface area (Å²) in [6.45, 7) is 3.51. The number of benzene rings is 1. The minimum absolute atomic E-state index is 0.0354. The molecule has 0 heterocycles. The smallest absolute Gasteiger partial charge is 0.258 e. The predicted octanol–water partition coefficient (Wildman–Crippen LogP) is 2.22. The van der Waals surface area contributed by atoms with E-state index >= 15 is 0 Å². The van der Waals surface area contributed by atoms with Crippen molar-refractivity contribution in [2.45, 2.75) is 6.42 Å². The van der Waals surface area contributed by atoms with Gasteiger partial charge < -0.3 is 0 Å². The van der Waals surface area contributed by atoms with Crippen molar-refractivity contribution >= 4 is 5.69 Å². The van der Waals surface area contributed by atoms with Gasteiger partial charge in [0.2, 0.25) is 0 Å². The molecule has 1 aromatic carbocycles. The SMILES string of the molecule is C=C(C#N)Cc1cccc([N+](=O)[O-])c1. The number of nitro groups is 1. The summed E-state index contributed by atoms with van der Waals surface area (Å²) >= 11 is 0. The Morgan fingerprint density at radius 3 is 2.93 bits per heavy atom. The number of rotatable bonds is 3. The largest absolute Gasteiger partial charge is 0.269 e. The molecule has 14 heavy (non-hydrogen) atoms. The second kappa shape index (κ2) is 4.19. The van der Waals surface area contributed by atoms with Crippen LogP contribution in [0.15, 0.2) is 36.4 Å². The lowest BCUT2D eigenvalue weighted by Crippen LogP contribution is -1.91. The topological polar surface area (TPSA) is 66.9 Å². The van der Waals surface area contributed by atoms with Crippen molar-refractivity contribution in [3.8, 4) is 6.07 Å². The molecule has 4 heteroatoms. The molecule has 0 spiro atoms. The van der Waals surface area contributed by atoms with Crippen LogP contribution in [-0.2, 0) is 6.42 Å². The molecule has 1 rings (SSSR count). The molecule has 0 N–H and O–H groups in total. The lowest BCUT2D eigenvalue weighted by atomic mass is 10.1. The zero-order valence-corrected chi connectivity index (χ0v) is 7.43. The van der Waals surface area contributed by atoms with E-state index in [4.69, 9.17) is 5.26 Å². The van der Waals surface area contributed by atoms with Crippen LogP contribution in [0, 0.1) is 21.4 Å². The Hall–Kier alpha value is -2.15. The van der Waals surface area contributed by atoms with Crippen molar-refractivity contribution < 1.29 is 4.92 Å². The Morgan fingerprint density at radius 1 is 1.64 bits per heavy atom. The fraction of sp³-hybridized carbons (Fsp3) is 0.100. The second-order valence-corrected chi connectivity index (χ2v) is 2.82. The summed E-state index contributed by atoms with van der Waals surface area (Å²) < 4.78 is 0. The van der Waals surface area contributed by atoms with E-state index in [1.165, 1.54) is 12.1 Å². The van der Waals surface area contributed by atoms with Crippen molar-refractivity contribution in [1.82, 2.24) is 0 Å². The third-order valence-electron chi connectivity index (χ3n) is 1.70. The van der Waals surface area contributed by atoms with Crippen molar-refractivity contribution in [3.05, 3.63) is 52.1 Å². The van der Waals surface area contributed by atoms with Gasteiger partial charge in [0, 0.05) is 24.1 Å². The van der Waals surface area contributed by atoms with E-state index in [0.29, 0.717) is 12.0 Å². The Kier molecular flexibility index (Phi) is 2.97. The Bertz CT molecular complexity index is 418. The van der Waals surface area contributed by atoms with Gasteiger partial charge in [0.1, 0.15) is 0 Å². The molecule has 0 aliphatic rings. The molecule has 0 unspecified atom stereocenters. The van der Waals surface area contributed by atoms with Crippen LogP contribution in [0.5, 0.6) is 0 Å². The molecule has 0 saturated heterocycles. The first-order valence-electron chi connectivity index (χ1n) is 3.94. The minimum atomic E-state index is -0.460. The standard InChI is InChI=1S/C10H8N2O2/c1-8(7-11)5-9-3-2-4-10(6-9)12(13)14/h2-4,6H,1,5H2. The first kappa shape index (κ1) is 9.93. The summed E-state index contributed by atoms with van der Waals surface area (Å²) in [5, 5.41) is 18.9. The molecular weight excluding hydrogens is 180 g/mol. The minimum Gasteiger partial charge on any atom is -0.258 e. The van der Waals surface area contributed by atoms with Gasteiger partial charge >= 0.3 is 0 Å². The Labute approximate surface area is 81.2 Å².